The van der Waals surface area contributed by atoms with E-state index in [0.717, 1.165) is 96.3 Å². The van der Waals surface area contributed by atoms with E-state index < -0.39 is 30.3 Å². The van der Waals surface area contributed by atoms with Crippen LogP contribution in [0.4, 0.5) is 0 Å². The maximum absolute atomic E-state index is 12.8. The van der Waals surface area contributed by atoms with Crippen LogP contribution in [0.3, 0.4) is 0 Å². The summed E-state index contributed by atoms with van der Waals surface area (Å²) in [7, 11) is 5.90. The van der Waals surface area contributed by atoms with Gasteiger partial charge in [0.25, 0.3) is 6.29 Å². The summed E-state index contributed by atoms with van der Waals surface area (Å²) in [5.74, 6) is -2.23. The van der Waals surface area contributed by atoms with Crippen molar-refractivity contribution in [2.45, 2.75) is 155 Å². The number of hydrogen-bond donors (Lipinski definition) is 1. The van der Waals surface area contributed by atoms with Gasteiger partial charge in [0.2, 0.25) is 0 Å². The maximum atomic E-state index is 12.8. The lowest BCUT2D eigenvalue weighted by atomic mass is 10.2. The fourth-order valence-electron chi connectivity index (χ4n) is 6.10. The molecule has 0 aromatic carbocycles. The lowest BCUT2D eigenvalue weighted by Gasteiger charge is -2.25. The zero-order valence-corrected chi connectivity index (χ0v) is 45.7. The molecule has 1 N–H and O–H groups in total. The van der Waals surface area contributed by atoms with Crippen molar-refractivity contribution >= 4 is 17.9 Å². The monoisotopic (exact) mass is 1010 g/mol. The molecule has 0 saturated heterocycles. The SMILES string of the molecule is CC/C=C\C/C=C\C/C=C\C/C=C\C/C=C\C/C=C\C/C=C\C/C=C\C/C=C\CCCC(=O)OC(COC(=O)CC/C=C\C/C=C\C/C=C\C/C=C\C/C=C\C/C=C\CC)COC(OCC[N+](C)(C)C)C(=O)O. The molecule has 0 radical (unpaired) electrons. The minimum absolute atomic E-state index is 0.150. The topological polar surface area (TPSA) is 108 Å². The molecule has 0 rings (SSSR count). The van der Waals surface area contributed by atoms with Gasteiger partial charge in [0, 0.05) is 12.8 Å². The van der Waals surface area contributed by atoms with Crippen molar-refractivity contribution in [3.05, 3.63) is 182 Å². The number of ether oxygens (including phenoxy) is 4. The average molecular weight is 1010 g/mol. The van der Waals surface area contributed by atoms with E-state index in [4.69, 9.17) is 18.9 Å². The molecule has 0 aliphatic carbocycles. The van der Waals surface area contributed by atoms with Gasteiger partial charge in [-0.25, -0.2) is 4.79 Å². The van der Waals surface area contributed by atoms with Crippen LogP contribution < -0.4 is 0 Å². The zero-order chi connectivity index (χ0) is 53.4. The molecule has 0 aliphatic rings. The Bertz CT molecular complexity index is 1840. The van der Waals surface area contributed by atoms with Crippen LogP contribution >= 0.6 is 0 Å². The Balaban J connectivity index is 4.56. The maximum Gasteiger partial charge on any atom is 0.361 e. The summed E-state index contributed by atoms with van der Waals surface area (Å²) < 4.78 is 22.6. The second-order valence-corrected chi connectivity index (χ2v) is 18.1. The van der Waals surface area contributed by atoms with Gasteiger partial charge in [-0.3, -0.25) is 9.59 Å². The van der Waals surface area contributed by atoms with Crippen LogP contribution in [0.5, 0.6) is 0 Å². The van der Waals surface area contributed by atoms with E-state index in [1.54, 1.807) is 0 Å². The Kier molecular flexibility index (Phi) is 48.7. The number of carbonyl (C=O) groups is 3. The van der Waals surface area contributed by atoms with E-state index >= 15 is 0 Å². The summed E-state index contributed by atoms with van der Waals surface area (Å²) in [6.07, 6.45) is 78.5. The van der Waals surface area contributed by atoms with Gasteiger partial charge in [-0.1, -0.05) is 196 Å². The van der Waals surface area contributed by atoms with Crippen LogP contribution in [0.15, 0.2) is 182 Å². The van der Waals surface area contributed by atoms with Gasteiger partial charge in [0.15, 0.2) is 6.10 Å². The standard InChI is InChI=1S/C64H95NO8/c1-6-8-10-12-14-16-18-20-22-24-26-27-28-29-30-31-32-33-34-35-37-39-41-43-45-47-49-51-53-55-62(67)73-60(59-72-64(63(68)69)70-57-56-65(3,4)5)58-71-61(66)54-52-50-48-46-44-42-40-38-36-25-23-21-19-17-15-13-11-9-7-2/h8-11,14-17,20-23,26-27,29-30,32-33,35-38,41-44,47-50,60,64H,6-7,12-13,18-19,24-25,28,31,34,39-40,45-46,51-59H2,1-5H3/p+1/b10-8-,11-9-,16-14-,17-15-,22-20-,23-21-,27-26-,30-29-,33-32-,37-35-,38-36-,43-41-,44-42-,49-47-,50-48-. The molecule has 0 bridgehead atoms. The summed E-state index contributed by atoms with van der Waals surface area (Å²) >= 11 is 0. The highest BCUT2D eigenvalue weighted by molar-refractivity contribution is 5.71. The van der Waals surface area contributed by atoms with Crippen molar-refractivity contribution in [2.24, 2.45) is 0 Å². The summed E-state index contributed by atoms with van der Waals surface area (Å²) in [4.78, 5) is 37.3. The summed E-state index contributed by atoms with van der Waals surface area (Å²) in [6.45, 7) is 4.44. The van der Waals surface area contributed by atoms with Gasteiger partial charge in [-0.2, -0.15) is 0 Å². The number of likely N-dealkylation sites (N-methyl/N-ethyl adjacent to an activating group) is 1. The van der Waals surface area contributed by atoms with E-state index in [9.17, 15) is 19.5 Å². The predicted molar refractivity (Wildman–Crippen MR) is 308 cm³/mol. The molecule has 404 valence electrons. The third-order valence-electron chi connectivity index (χ3n) is 10.2. The molecule has 0 aromatic rings. The third-order valence-corrected chi connectivity index (χ3v) is 10.2. The van der Waals surface area contributed by atoms with Crippen molar-refractivity contribution in [2.75, 3.05) is 47.5 Å². The summed E-state index contributed by atoms with van der Waals surface area (Å²) in [5.41, 5.74) is 0. The molecule has 0 heterocycles. The smallest absolute Gasteiger partial charge is 0.361 e. The van der Waals surface area contributed by atoms with E-state index in [1.165, 1.54) is 0 Å². The zero-order valence-electron chi connectivity index (χ0n) is 45.7. The number of quaternary nitrogens is 1. The first-order valence-corrected chi connectivity index (χ1v) is 26.9. The molecule has 0 aromatic heterocycles. The van der Waals surface area contributed by atoms with Crippen molar-refractivity contribution < 1.29 is 42.9 Å². The van der Waals surface area contributed by atoms with Crippen LogP contribution in [-0.2, 0) is 33.3 Å². The Labute approximate surface area is 443 Å². The second-order valence-electron chi connectivity index (χ2n) is 18.1. The van der Waals surface area contributed by atoms with Gasteiger partial charge in [-0.15, -0.1) is 0 Å². The minimum Gasteiger partial charge on any atom is -0.477 e. The van der Waals surface area contributed by atoms with Crippen LogP contribution in [0, 0.1) is 0 Å². The van der Waals surface area contributed by atoms with Gasteiger partial charge in [0.05, 0.1) is 34.4 Å². The number of allylic oxidation sites excluding steroid dienone is 30. The number of carboxylic acids is 1. The van der Waals surface area contributed by atoms with E-state index in [-0.39, 0.29) is 32.7 Å². The molecule has 9 heteroatoms. The first kappa shape index (κ1) is 67.4. The number of unbranched alkanes of at least 4 members (excludes halogenated alkanes) is 1. The molecule has 0 fully saturated rings. The van der Waals surface area contributed by atoms with Gasteiger partial charge in [-0.05, 0) is 116 Å². The third kappa shape index (κ3) is 54.0. The molecule has 9 nitrogen and oxygen atoms in total. The number of aliphatic carboxylic acids is 1. The Morgan fingerprint density at radius 2 is 0.740 bits per heavy atom. The Hall–Kier alpha value is -5.61. The molecule has 73 heavy (non-hydrogen) atoms. The largest absolute Gasteiger partial charge is 0.477 e. The average Bonchev–Trinajstić information content (AvgIpc) is 3.36. The number of carbonyl (C=O) groups excluding carboxylic acids is 2. The lowest BCUT2D eigenvalue weighted by Crippen LogP contribution is -2.40. The van der Waals surface area contributed by atoms with E-state index in [0.29, 0.717) is 30.3 Å². The van der Waals surface area contributed by atoms with Crippen molar-refractivity contribution in [1.29, 1.82) is 0 Å². The van der Waals surface area contributed by atoms with Crippen molar-refractivity contribution in [3.63, 3.8) is 0 Å². The number of carboxylic acid groups (broad SMARTS) is 1. The van der Waals surface area contributed by atoms with Gasteiger partial charge in [0.1, 0.15) is 13.2 Å². The van der Waals surface area contributed by atoms with Gasteiger partial charge < -0.3 is 28.5 Å². The second kappa shape index (κ2) is 52.7. The number of rotatable bonds is 46. The fraction of sp³-hybridized carbons (Fsp3) is 0.484. The number of hydrogen-bond acceptors (Lipinski definition) is 7. The number of nitrogens with zero attached hydrogens (tertiary/aromatic N) is 1. The first-order valence-electron chi connectivity index (χ1n) is 26.9. The molecule has 0 aliphatic heterocycles. The molecule has 2 atom stereocenters. The lowest BCUT2D eigenvalue weighted by molar-refractivity contribution is -0.870. The molecular weight excluding hydrogens is 911 g/mol. The van der Waals surface area contributed by atoms with E-state index in [2.05, 4.69) is 178 Å². The molecule has 0 amide bonds. The summed E-state index contributed by atoms with van der Waals surface area (Å²) in [5, 5.41) is 9.68. The molecule has 0 spiro atoms. The number of esters is 2. The summed E-state index contributed by atoms with van der Waals surface area (Å²) in [6, 6.07) is 0. The fourth-order valence-corrected chi connectivity index (χ4v) is 6.10. The Morgan fingerprint density at radius 1 is 0.411 bits per heavy atom. The van der Waals surface area contributed by atoms with Crippen LogP contribution in [-0.4, -0.2) is 87.4 Å². The highest BCUT2D eigenvalue weighted by Gasteiger charge is 2.25. The molecular formula is C64H96NO8+. The van der Waals surface area contributed by atoms with Crippen LogP contribution in [0.1, 0.15) is 142 Å². The highest BCUT2D eigenvalue weighted by atomic mass is 16.7. The minimum atomic E-state index is -1.56. The highest BCUT2D eigenvalue weighted by Crippen LogP contribution is 2.09. The van der Waals surface area contributed by atoms with Crippen molar-refractivity contribution in [1.82, 2.24) is 0 Å². The first-order chi connectivity index (χ1) is 35.6. The van der Waals surface area contributed by atoms with Gasteiger partial charge >= 0.3 is 17.9 Å². The normalized spacial score (nSPS) is 14.3. The Morgan fingerprint density at radius 3 is 1.07 bits per heavy atom. The van der Waals surface area contributed by atoms with Crippen LogP contribution in [0.2, 0.25) is 0 Å². The predicted octanol–water partition coefficient (Wildman–Crippen LogP) is 15.8. The van der Waals surface area contributed by atoms with Crippen molar-refractivity contribution in [3.8, 4) is 0 Å². The van der Waals surface area contributed by atoms with Crippen LogP contribution in [0.25, 0.3) is 0 Å². The molecule has 2 unspecified atom stereocenters. The molecule has 0 saturated carbocycles. The quantitative estimate of drug-likeness (QED) is 0.0211. The van der Waals surface area contributed by atoms with E-state index in [1.807, 2.05) is 39.4 Å².